The molecule has 0 unspecified atom stereocenters. The van der Waals surface area contributed by atoms with E-state index in [1.165, 1.54) is 6.07 Å². The molecule has 0 aromatic heterocycles. The third-order valence-corrected chi connectivity index (χ3v) is 1.42. The first-order valence-electron chi connectivity index (χ1n) is 3.22. The van der Waals surface area contributed by atoms with E-state index in [-0.39, 0.29) is 0 Å². The van der Waals surface area contributed by atoms with Crippen molar-refractivity contribution in [3.05, 3.63) is 35.1 Å². The van der Waals surface area contributed by atoms with Crippen molar-refractivity contribution in [3.63, 3.8) is 0 Å². The second-order valence-electron chi connectivity index (χ2n) is 2.28. The van der Waals surface area contributed by atoms with Gasteiger partial charge < -0.3 is 0 Å². The van der Waals surface area contributed by atoms with Crippen LogP contribution in [0.3, 0.4) is 0 Å². The number of hydrogen-bond acceptors (Lipinski definition) is 1. The highest BCUT2D eigenvalue weighted by Gasteiger charge is 2.34. The van der Waals surface area contributed by atoms with Crippen molar-refractivity contribution in [1.29, 1.82) is 5.26 Å². The maximum Gasteiger partial charge on any atom is 0.419 e. The molecule has 0 atom stereocenters. The summed E-state index contributed by atoms with van der Waals surface area (Å²) in [7, 11) is 0. The number of halogens is 4. The van der Waals surface area contributed by atoms with Crippen molar-refractivity contribution in [1.82, 2.24) is 0 Å². The van der Waals surface area contributed by atoms with E-state index in [1.807, 2.05) is 0 Å². The molecule has 0 saturated heterocycles. The maximum absolute atomic E-state index is 12.8. The quantitative estimate of drug-likeness (QED) is 0.575. The van der Waals surface area contributed by atoms with Gasteiger partial charge in [0.15, 0.2) is 5.82 Å². The van der Waals surface area contributed by atoms with Crippen molar-refractivity contribution in [3.8, 4) is 6.07 Å². The number of nitriles is 1. The zero-order valence-corrected chi connectivity index (χ0v) is 6.19. The molecule has 5 heteroatoms. The highest BCUT2D eigenvalue weighted by atomic mass is 19.4. The summed E-state index contributed by atoms with van der Waals surface area (Å²) in [5, 5.41) is 8.25. The molecule has 1 rings (SSSR count). The highest BCUT2D eigenvalue weighted by molar-refractivity contribution is 5.36. The predicted molar refractivity (Wildman–Crippen MR) is 36.1 cm³/mol. The van der Waals surface area contributed by atoms with Gasteiger partial charge in [-0.1, -0.05) is 6.07 Å². The molecular weight excluding hydrogens is 186 g/mol. The summed E-state index contributed by atoms with van der Waals surface area (Å²) in [5.41, 5.74) is -2.01. The molecule has 1 aromatic rings. The third kappa shape index (κ3) is 1.78. The molecule has 1 nitrogen and oxygen atoms in total. The van der Waals surface area contributed by atoms with Crippen LogP contribution in [-0.4, -0.2) is 0 Å². The van der Waals surface area contributed by atoms with Gasteiger partial charge in [-0.3, -0.25) is 0 Å². The molecule has 0 N–H and O–H groups in total. The Morgan fingerprint density at radius 3 is 2.31 bits per heavy atom. The Hall–Kier alpha value is -1.57. The van der Waals surface area contributed by atoms with Crippen LogP contribution in [-0.2, 0) is 6.18 Å². The lowest BCUT2D eigenvalue weighted by atomic mass is 10.1. The molecular formula is C8H3F4N. The molecule has 0 heterocycles. The first-order valence-corrected chi connectivity index (χ1v) is 3.22. The van der Waals surface area contributed by atoms with E-state index >= 15 is 0 Å². The van der Waals surface area contributed by atoms with Gasteiger partial charge in [0.2, 0.25) is 0 Å². The van der Waals surface area contributed by atoms with Crippen LogP contribution in [0.15, 0.2) is 18.2 Å². The maximum atomic E-state index is 12.8. The molecule has 0 fully saturated rings. The summed E-state index contributed by atoms with van der Waals surface area (Å²) < 4.78 is 48.9. The molecule has 0 spiro atoms. The minimum atomic E-state index is -4.75. The lowest BCUT2D eigenvalue weighted by molar-refractivity contribution is -0.140. The Bertz CT molecular complexity index is 361. The predicted octanol–water partition coefficient (Wildman–Crippen LogP) is 2.72. The lowest BCUT2D eigenvalue weighted by Crippen LogP contribution is -2.08. The van der Waals surface area contributed by atoms with Crippen LogP contribution in [0.25, 0.3) is 0 Å². The van der Waals surface area contributed by atoms with Gasteiger partial charge in [0.25, 0.3) is 0 Å². The Balaban J connectivity index is 3.34. The summed E-state index contributed by atoms with van der Waals surface area (Å²) in [6.45, 7) is 0. The molecule has 0 amide bonds. The molecule has 1 aromatic carbocycles. The molecule has 0 aliphatic carbocycles. The van der Waals surface area contributed by atoms with E-state index in [2.05, 4.69) is 0 Å². The zero-order chi connectivity index (χ0) is 10.1. The van der Waals surface area contributed by atoms with Gasteiger partial charge in [0.1, 0.15) is 6.07 Å². The van der Waals surface area contributed by atoms with E-state index in [4.69, 9.17) is 5.26 Å². The van der Waals surface area contributed by atoms with Crippen LogP contribution >= 0.6 is 0 Å². The second kappa shape index (κ2) is 3.05. The molecule has 13 heavy (non-hydrogen) atoms. The molecule has 0 saturated carbocycles. The molecule has 68 valence electrons. The highest BCUT2D eigenvalue weighted by Crippen LogP contribution is 2.31. The smallest absolute Gasteiger partial charge is 0.205 e. The van der Waals surface area contributed by atoms with Gasteiger partial charge in [-0.2, -0.15) is 18.4 Å². The fourth-order valence-corrected chi connectivity index (χ4v) is 0.837. The molecule has 0 bridgehead atoms. The SMILES string of the molecule is N#Cc1cccc(C(F)(F)F)c1F. The van der Waals surface area contributed by atoms with Gasteiger partial charge in [0, 0.05) is 0 Å². The van der Waals surface area contributed by atoms with Crippen molar-refractivity contribution in [2.45, 2.75) is 6.18 Å². The van der Waals surface area contributed by atoms with Crippen LogP contribution in [0.4, 0.5) is 17.6 Å². The second-order valence-corrected chi connectivity index (χ2v) is 2.28. The van der Waals surface area contributed by atoms with E-state index in [0.29, 0.717) is 6.07 Å². The third-order valence-electron chi connectivity index (χ3n) is 1.42. The summed E-state index contributed by atoms with van der Waals surface area (Å²) in [4.78, 5) is 0. The van der Waals surface area contributed by atoms with E-state index in [9.17, 15) is 17.6 Å². The Kier molecular flexibility index (Phi) is 2.24. The topological polar surface area (TPSA) is 23.8 Å². The summed E-state index contributed by atoms with van der Waals surface area (Å²) in [6, 6.07) is 3.91. The number of benzene rings is 1. The van der Waals surface area contributed by atoms with Crippen LogP contribution in [0, 0.1) is 17.1 Å². The number of nitrogens with zero attached hydrogens (tertiary/aromatic N) is 1. The normalized spacial score (nSPS) is 11.0. The van der Waals surface area contributed by atoms with Crippen LogP contribution in [0.1, 0.15) is 11.1 Å². The summed E-state index contributed by atoms with van der Waals surface area (Å²) >= 11 is 0. The summed E-state index contributed by atoms with van der Waals surface area (Å²) in [5.74, 6) is -1.52. The van der Waals surface area contributed by atoms with E-state index in [1.54, 1.807) is 0 Å². The fourth-order valence-electron chi connectivity index (χ4n) is 0.837. The Morgan fingerprint density at radius 2 is 1.85 bits per heavy atom. The zero-order valence-electron chi connectivity index (χ0n) is 6.19. The lowest BCUT2D eigenvalue weighted by Gasteiger charge is -2.07. The van der Waals surface area contributed by atoms with Crippen LogP contribution in [0.2, 0.25) is 0 Å². The van der Waals surface area contributed by atoms with Gasteiger partial charge in [-0.25, -0.2) is 4.39 Å². The number of hydrogen-bond donors (Lipinski definition) is 0. The standard InChI is InChI=1S/C8H3F4N/c9-7-5(4-13)2-1-3-6(7)8(10,11)12/h1-3H. The first-order chi connectivity index (χ1) is 5.96. The van der Waals surface area contributed by atoms with E-state index in [0.717, 1.165) is 12.1 Å². The van der Waals surface area contributed by atoms with Crippen molar-refractivity contribution < 1.29 is 17.6 Å². The molecule has 0 aliphatic heterocycles. The van der Waals surface area contributed by atoms with Gasteiger partial charge in [-0.05, 0) is 12.1 Å². The van der Waals surface area contributed by atoms with E-state index < -0.39 is 23.1 Å². The monoisotopic (exact) mass is 189 g/mol. The first kappa shape index (κ1) is 9.52. The number of rotatable bonds is 0. The largest absolute Gasteiger partial charge is 0.419 e. The van der Waals surface area contributed by atoms with Gasteiger partial charge in [-0.15, -0.1) is 0 Å². The summed E-state index contributed by atoms with van der Waals surface area (Å²) in [6.07, 6.45) is -4.75. The minimum absolute atomic E-state index is 0.593. The average Bonchev–Trinajstić information content (AvgIpc) is 2.02. The average molecular weight is 189 g/mol. The van der Waals surface area contributed by atoms with Crippen molar-refractivity contribution in [2.75, 3.05) is 0 Å². The fraction of sp³-hybridized carbons (Fsp3) is 0.125. The Morgan fingerprint density at radius 1 is 1.23 bits per heavy atom. The number of alkyl halides is 3. The van der Waals surface area contributed by atoms with Gasteiger partial charge in [0.05, 0.1) is 11.1 Å². The molecule has 0 radical (unpaired) electrons. The van der Waals surface area contributed by atoms with Crippen molar-refractivity contribution in [2.24, 2.45) is 0 Å². The minimum Gasteiger partial charge on any atom is -0.205 e. The van der Waals surface area contributed by atoms with Crippen LogP contribution in [0.5, 0.6) is 0 Å². The van der Waals surface area contributed by atoms with Crippen LogP contribution < -0.4 is 0 Å². The molecule has 0 aliphatic rings. The Labute approximate surface area is 71.2 Å². The van der Waals surface area contributed by atoms with Gasteiger partial charge >= 0.3 is 6.18 Å². The van der Waals surface area contributed by atoms with Crippen molar-refractivity contribution >= 4 is 0 Å².